The molecule has 3 nitrogen and oxygen atoms in total. The van der Waals surface area contributed by atoms with Gasteiger partial charge in [0, 0.05) is 0 Å². The number of pyridine rings is 1. The summed E-state index contributed by atoms with van der Waals surface area (Å²) in [6, 6.07) is 23.7. The van der Waals surface area contributed by atoms with Crippen LogP contribution in [0.15, 0.2) is 72.8 Å². The molecule has 4 heteroatoms. The Morgan fingerprint density at radius 3 is 2.38 bits per heavy atom. The molecule has 2 heterocycles. The molecule has 0 saturated heterocycles. The van der Waals surface area contributed by atoms with Crippen molar-refractivity contribution < 1.29 is 0 Å². The van der Waals surface area contributed by atoms with E-state index in [1.54, 1.807) is 6.07 Å². The summed E-state index contributed by atoms with van der Waals surface area (Å²) in [5.41, 5.74) is 3.04. The van der Waals surface area contributed by atoms with Gasteiger partial charge in [-0.15, -0.1) is 0 Å². The van der Waals surface area contributed by atoms with E-state index in [-0.39, 0.29) is 0 Å². The highest BCUT2D eigenvalue weighted by Crippen LogP contribution is 2.22. The van der Waals surface area contributed by atoms with Crippen molar-refractivity contribution >= 4 is 34.8 Å². The third kappa shape index (κ3) is 2.82. The Hall–Kier alpha value is -2.91. The fraction of sp³-hybridized carbons (Fsp3) is 0. The van der Waals surface area contributed by atoms with Crippen LogP contribution in [0.2, 0.25) is 5.15 Å². The van der Waals surface area contributed by atoms with Crippen LogP contribution in [-0.4, -0.2) is 14.5 Å². The average Bonchev–Trinajstić information content (AvgIpc) is 2.99. The van der Waals surface area contributed by atoms with Crippen molar-refractivity contribution in [1.29, 1.82) is 0 Å². The summed E-state index contributed by atoms with van der Waals surface area (Å²) in [7, 11) is 0. The van der Waals surface area contributed by atoms with Crippen molar-refractivity contribution in [2.45, 2.75) is 0 Å². The van der Waals surface area contributed by atoms with Gasteiger partial charge in [0.05, 0.1) is 11.0 Å². The zero-order valence-corrected chi connectivity index (χ0v) is 13.6. The number of benzene rings is 2. The first kappa shape index (κ1) is 14.7. The van der Waals surface area contributed by atoms with Gasteiger partial charge in [0.2, 0.25) is 0 Å². The number of aromatic nitrogens is 3. The van der Waals surface area contributed by atoms with Crippen molar-refractivity contribution in [3.05, 3.63) is 89.3 Å². The molecule has 0 atom stereocenters. The molecule has 0 saturated carbocycles. The fourth-order valence-corrected chi connectivity index (χ4v) is 2.81. The summed E-state index contributed by atoms with van der Waals surface area (Å²) in [6.07, 6.45) is 4.04. The van der Waals surface area contributed by atoms with Crippen LogP contribution in [0.5, 0.6) is 0 Å². The van der Waals surface area contributed by atoms with Crippen molar-refractivity contribution in [2.75, 3.05) is 0 Å². The standard InChI is InChI=1S/C20H14ClN3/c21-18-11-6-12-19(23-18)24-17-10-5-4-9-16(17)22-20(24)14-13-15-7-2-1-3-8-15/h1-14H. The maximum absolute atomic E-state index is 6.08. The lowest BCUT2D eigenvalue weighted by atomic mass is 10.2. The van der Waals surface area contributed by atoms with E-state index in [9.17, 15) is 0 Å². The van der Waals surface area contributed by atoms with Gasteiger partial charge < -0.3 is 0 Å². The van der Waals surface area contributed by atoms with Crippen molar-refractivity contribution in [3.8, 4) is 5.82 Å². The third-order valence-corrected chi connectivity index (χ3v) is 3.95. The van der Waals surface area contributed by atoms with Gasteiger partial charge in [-0.2, -0.15) is 0 Å². The topological polar surface area (TPSA) is 30.7 Å². The van der Waals surface area contributed by atoms with E-state index < -0.39 is 0 Å². The van der Waals surface area contributed by atoms with Gasteiger partial charge in [-0.25, -0.2) is 9.97 Å². The molecule has 2 aromatic heterocycles. The molecule has 0 amide bonds. The van der Waals surface area contributed by atoms with E-state index in [1.165, 1.54) is 0 Å². The van der Waals surface area contributed by atoms with Crippen LogP contribution in [0.3, 0.4) is 0 Å². The zero-order chi connectivity index (χ0) is 16.4. The molecule has 0 bridgehead atoms. The minimum atomic E-state index is 0.461. The first-order chi connectivity index (χ1) is 11.8. The Kier molecular flexibility index (Phi) is 3.85. The maximum Gasteiger partial charge on any atom is 0.140 e. The van der Waals surface area contributed by atoms with Crippen LogP contribution >= 0.6 is 11.6 Å². The van der Waals surface area contributed by atoms with Gasteiger partial charge in [-0.05, 0) is 35.9 Å². The number of fused-ring (bicyclic) bond motifs is 1. The Balaban J connectivity index is 1.89. The van der Waals surface area contributed by atoms with Gasteiger partial charge in [-0.3, -0.25) is 4.57 Å². The van der Waals surface area contributed by atoms with Crippen LogP contribution in [0.4, 0.5) is 0 Å². The predicted octanol–water partition coefficient (Wildman–Crippen LogP) is 5.24. The van der Waals surface area contributed by atoms with Gasteiger partial charge in [-0.1, -0.05) is 66.2 Å². The number of nitrogens with zero attached hydrogens (tertiary/aromatic N) is 3. The SMILES string of the molecule is Clc1cccc(-n2c(C=Cc3ccccc3)nc3ccccc32)n1. The first-order valence-electron chi connectivity index (χ1n) is 7.65. The lowest BCUT2D eigenvalue weighted by molar-refractivity contribution is 1.01. The van der Waals surface area contributed by atoms with Gasteiger partial charge in [0.25, 0.3) is 0 Å². The minimum absolute atomic E-state index is 0.461. The lowest BCUT2D eigenvalue weighted by Gasteiger charge is -2.06. The van der Waals surface area contributed by atoms with E-state index in [1.807, 2.05) is 71.3 Å². The molecule has 4 rings (SSSR count). The quantitative estimate of drug-likeness (QED) is 0.480. The molecule has 4 aromatic rings. The Bertz CT molecular complexity index is 1020. The molecule has 0 aliphatic carbocycles. The summed E-state index contributed by atoms with van der Waals surface area (Å²) < 4.78 is 2.01. The predicted molar refractivity (Wildman–Crippen MR) is 99.2 cm³/mol. The van der Waals surface area contributed by atoms with Crippen molar-refractivity contribution in [1.82, 2.24) is 14.5 Å². The highest BCUT2D eigenvalue weighted by Gasteiger charge is 2.11. The minimum Gasteiger partial charge on any atom is -0.277 e. The van der Waals surface area contributed by atoms with Crippen LogP contribution in [0, 0.1) is 0 Å². The monoisotopic (exact) mass is 331 g/mol. The van der Waals surface area contributed by atoms with E-state index in [2.05, 4.69) is 17.1 Å². The lowest BCUT2D eigenvalue weighted by Crippen LogP contribution is -1.99. The summed E-state index contributed by atoms with van der Waals surface area (Å²) in [4.78, 5) is 9.16. The number of hydrogen-bond acceptors (Lipinski definition) is 2. The number of rotatable bonds is 3. The summed E-state index contributed by atoms with van der Waals surface area (Å²) >= 11 is 6.08. The van der Waals surface area contributed by atoms with Crippen LogP contribution < -0.4 is 0 Å². The maximum atomic E-state index is 6.08. The van der Waals surface area contributed by atoms with Gasteiger partial charge >= 0.3 is 0 Å². The molecule has 2 aromatic carbocycles. The number of hydrogen-bond donors (Lipinski definition) is 0. The van der Waals surface area contributed by atoms with E-state index in [0.29, 0.717) is 5.15 Å². The Labute approximate surface area is 144 Å². The first-order valence-corrected chi connectivity index (χ1v) is 8.02. The molecule has 0 unspecified atom stereocenters. The van der Waals surface area contributed by atoms with Gasteiger partial charge in [0.15, 0.2) is 0 Å². The normalized spacial score (nSPS) is 11.4. The number of imidazole rings is 1. The Morgan fingerprint density at radius 2 is 1.54 bits per heavy atom. The smallest absolute Gasteiger partial charge is 0.140 e. The molecular weight excluding hydrogens is 318 g/mol. The van der Waals surface area contributed by atoms with Crippen molar-refractivity contribution in [3.63, 3.8) is 0 Å². The molecule has 0 aliphatic rings. The summed E-state index contributed by atoms with van der Waals surface area (Å²) in [5, 5.41) is 0.461. The molecule has 0 fully saturated rings. The van der Waals surface area contributed by atoms with E-state index in [0.717, 1.165) is 28.2 Å². The largest absolute Gasteiger partial charge is 0.277 e. The Morgan fingerprint density at radius 1 is 0.750 bits per heavy atom. The second-order valence-corrected chi connectivity index (χ2v) is 5.74. The van der Waals surface area contributed by atoms with Crippen LogP contribution in [-0.2, 0) is 0 Å². The highest BCUT2D eigenvalue weighted by molar-refractivity contribution is 6.29. The number of para-hydroxylation sites is 2. The van der Waals surface area contributed by atoms with Crippen LogP contribution in [0.1, 0.15) is 11.4 Å². The average molecular weight is 332 g/mol. The zero-order valence-electron chi connectivity index (χ0n) is 12.8. The summed E-state index contributed by atoms with van der Waals surface area (Å²) in [6.45, 7) is 0. The molecule has 0 spiro atoms. The second-order valence-electron chi connectivity index (χ2n) is 5.36. The third-order valence-electron chi connectivity index (χ3n) is 3.74. The van der Waals surface area contributed by atoms with Crippen molar-refractivity contribution in [2.24, 2.45) is 0 Å². The molecule has 116 valence electrons. The molecular formula is C20H14ClN3. The second kappa shape index (κ2) is 6.30. The van der Waals surface area contributed by atoms with E-state index >= 15 is 0 Å². The number of halogens is 1. The molecule has 0 N–H and O–H groups in total. The van der Waals surface area contributed by atoms with Gasteiger partial charge in [0.1, 0.15) is 16.8 Å². The van der Waals surface area contributed by atoms with Crippen LogP contribution in [0.25, 0.3) is 29.0 Å². The fourth-order valence-electron chi connectivity index (χ4n) is 2.65. The molecule has 0 aliphatic heterocycles. The van der Waals surface area contributed by atoms with E-state index in [4.69, 9.17) is 16.6 Å². The molecule has 0 radical (unpaired) electrons. The summed E-state index contributed by atoms with van der Waals surface area (Å²) in [5.74, 6) is 1.57. The molecule has 24 heavy (non-hydrogen) atoms. The highest BCUT2D eigenvalue weighted by atomic mass is 35.5.